The van der Waals surface area contributed by atoms with Crippen molar-refractivity contribution in [3.05, 3.63) is 5.01 Å². The van der Waals surface area contributed by atoms with Crippen molar-refractivity contribution >= 4 is 22.1 Å². The number of rotatable bonds is 2. The predicted molar refractivity (Wildman–Crippen MR) is 44.3 cm³/mol. The van der Waals surface area contributed by atoms with Crippen molar-refractivity contribution in [2.75, 3.05) is 7.11 Å². The highest BCUT2D eigenvalue weighted by atomic mass is 32.3. The van der Waals surface area contributed by atoms with Crippen molar-refractivity contribution in [2.45, 2.75) is 11.3 Å². The molecule has 0 radical (unpaired) electrons. The van der Waals surface area contributed by atoms with Crippen LogP contribution in [-0.2, 0) is 4.18 Å². The number of nitrogens with zero attached hydrogens (tertiary/aromatic N) is 2. The van der Waals surface area contributed by atoms with Gasteiger partial charge in [-0.05, 0) is 6.92 Å². The lowest BCUT2D eigenvalue weighted by Gasteiger charge is -2.26. The quantitative estimate of drug-likeness (QED) is 0.733. The second-order valence-electron chi connectivity index (χ2n) is 1.82. The molecule has 0 aromatic carbocycles. The molecular weight excluding hydrogens is 186 g/mol. The highest BCUT2D eigenvalue weighted by Crippen LogP contribution is 2.45. The van der Waals surface area contributed by atoms with E-state index in [2.05, 4.69) is 14.4 Å². The topological polar surface area (TPSA) is 81.3 Å². The molecule has 0 saturated heterocycles. The Morgan fingerprint density at radius 1 is 1.64 bits per heavy atom. The summed E-state index contributed by atoms with van der Waals surface area (Å²) in [5.41, 5.74) is 0. The maximum atomic E-state index is 9.35. The molecule has 0 saturated carbocycles. The predicted octanol–water partition coefficient (Wildman–Crippen LogP) is 0.918. The van der Waals surface area contributed by atoms with E-state index in [1.165, 1.54) is 18.4 Å². The van der Waals surface area contributed by atoms with E-state index in [9.17, 15) is 4.55 Å². The first-order valence-corrected chi connectivity index (χ1v) is 5.15. The van der Waals surface area contributed by atoms with Crippen LogP contribution >= 0.6 is 22.1 Å². The zero-order chi connectivity index (χ0) is 8.48. The first-order chi connectivity index (χ1) is 5.06. The van der Waals surface area contributed by atoms with Gasteiger partial charge < -0.3 is 0 Å². The van der Waals surface area contributed by atoms with Crippen LogP contribution in [0.15, 0.2) is 4.34 Å². The van der Waals surface area contributed by atoms with Crippen molar-refractivity contribution in [2.24, 2.45) is 5.14 Å². The van der Waals surface area contributed by atoms with Gasteiger partial charge in [-0.3, -0.25) is 8.74 Å². The van der Waals surface area contributed by atoms with Gasteiger partial charge in [-0.2, -0.15) is 0 Å². The molecule has 0 aliphatic heterocycles. The average molecular weight is 195 g/mol. The van der Waals surface area contributed by atoms with Crippen molar-refractivity contribution in [3.63, 3.8) is 0 Å². The molecule has 0 aliphatic rings. The lowest BCUT2D eigenvalue weighted by Crippen LogP contribution is -2.11. The molecule has 1 atom stereocenters. The van der Waals surface area contributed by atoms with E-state index in [0.717, 1.165) is 5.01 Å². The minimum absolute atomic E-state index is 0.345. The van der Waals surface area contributed by atoms with Gasteiger partial charge in [-0.1, -0.05) is 22.1 Å². The monoisotopic (exact) mass is 195 g/mol. The summed E-state index contributed by atoms with van der Waals surface area (Å²) >= 11 is 1.23. The lowest BCUT2D eigenvalue weighted by atomic mass is 10.9. The van der Waals surface area contributed by atoms with Gasteiger partial charge in [-0.15, -0.1) is 10.2 Å². The highest BCUT2D eigenvalue weighted by Gasteiger charge is 2.17. The maximum Gasteiger partial charge on any atom is 0.240 e. The van der Waals surface area contributed by atoms with Crippen LogP contribution in [0, 0.1) is 6.92 Å². The van der Waals surface area contributed by atoms with E-state index >= 15 is 0 Å². The van der Waals surface area contributed by atoms with Crippen LogP contribution in [0.25, 0.3) is 0 Å². The molecule has 64 valence electrons. The third-order valence-electron chi connectivity index (χ3n) is 1.01. The van der Waals surface area contributed by atoms with E-state index in [0.29, 0.717) is 4.34 Å². The van der Waals surface area contributed by atoms with Crippen LogP contribution in [0.2, 0.25) is 0 Å². The molecule has 1 rings (SSSR count). The Morgan fingerprint density at radius 3 is 2.64 bits per heavy atom. The first kappa shape index (κ1) is 8.88. The van der Waals surface area contributed by atoms with E-state index in [1.807, 2.05) is 0 Å². The first-order valence-electron chi connectivity index (χ1n) is 2.75. The molecule has 0 bridgehead atoms. The Kier molecular flexibility index (Phi) is 2.45. The summed E-state index contributed by atoms with van der Waals surface area (Å²) in [5.74, 6) is 0. The van der Waals surface area contributed by atoms with Crippen molar-refractivity contribution in [1.82, 2.24) is 10.2 Å². The Hall–Kier alpha value is -0.210. The summed E-state index contributed by atoms with van der Waals surface area (Å²) in [6.45, 7) is 1.78. The third-order valence-corrected chi connectivity index (χ3v) is 3.70. The number of nitrogens with two attached hydrogens (primary N) is 1. The van der Waals surface area contributed by atoms with E-state index in [4.69, 9.17) is 5.14 Å². The molecular formula is C4H9N3O2S2. The Balaban J connectivity index is 2.92. The third kappa shape index (κ3) is 1.88. The minimum Gasteiger partial charge on any atom is -0.280 e. The highest BCUT2D eigenvalue weighted by molar-refractivity contribution is 8.24. The molecule has 1 unspecified atom stereocenters. The van der Waals surface area contributed by atoms with Crippen LogP contribution in [0.3, 0.4) is 0 Å². The maximum absolute atomic E-state index is 9.35. The number of aryl methyl sites for hydroxylation is 1. The molecule has 7 heteroatoms. The Morgan fingerprint density at radius 2 is 2.27 bits per heavy atom. The largest absolute Gasteiger partial charge is 0.280 e. The van der Waals surface area contributed by atoms with Crippen LogP contribution in [-0.4, -0.2) is 21.9 Å². The summed E-state index contributed by atoms with van der Waals surface area (Å²) in [5, 5.41) is 13.5. The van der Waals surface area contributed by atoms with Crippen LogP contribution in [0.1, 0.15) is 5.01 Å². The molecule has 0 fully saturated rings. The van der Waals surface area contributed by atoms with Crippen molar-refractivity contribution in [1.29, 1.82) is 0 Å². The Labute approximate surface area is 70.1 Å². The standard InChI is InChI=1S/C4H9N3O2S2/c1-3-6-7-4(10-3)11(5,8)9-2/h8H,5H2,1-2H3. The summed E-state index contributed by atoms with van der Waals surface area (Å²) in [7, 11) is -1.29. The Bertz CT molecular complexity index is 249. The molecule has 1 aromatic rings. The normalized spacial score (nSPS) is 19.3. The fourth-order valence-electron chi connectivity index (χ4n) is 0.468. The molecule has 3 N–H and O–H groups in total. The summed E-state index contributed by atoms with van der Waals surface area (Å²) in [4.78, 5) is 0. The van der Waals surface area contributed by atoms with Crippen LogP contribution in [0.5, 0.6) is 0 Å². The van der Waals surface area contributed by atoms with E-state index in [-0.39, 0.29) is 0 Å². The van der Waals surface area contributed by atoms with Gasteiger partial charge in [0.15, 0.2) is 0 Å². The summed E-state index contributed by atoms with van der Waals surface area (Å²) in [6.07, 6.45) is 0. The summed E-state index contributed by atoms with van der Waals surface area (Å²) < 4.78 is 14.4. The summed E-state index contributed by atoms with van der Waals surface area (Å²) in [6, 6.07) is 0. The zero-order valence-electron chi connectivity index (χ0n) is 6.14. The molecule has 1 heterocycles. The van der Waals surface area contributed by atoms with E-state index in [1.54, 1.807) is 6.92 Å². The smallest absolute Gasteiger partial charge is 0.240 e. The zero-order valence-corrected chi connectivity index (χ0v) is 7.78. The van der Waals surface area contributed by atoms with Crippen molar-refractivity contribution < 1.29 is 8.74 Å². The molecule has 5 nitrogen and oxygen atoms in total. The minimum atomic E-state index is -2.63. The van der Waals surface area contributed by atoms with Crippen molar-refractivity contribution in [3.8, 4) is 0 Å². The number of aromatic nitrogens is 2. The number of hydrogen-bond donors (Lipinski definition) is 2. The molecule has 0 amide bonds. The van der Waals surface area contributed by atoms with Crippen LogP contribution < -0.4 is 5.14 Å². The second-order valence-corrected chi connectivity index (χ2v) is 5.12. The van der Waals surface area contributed by atoms with Crippen LogP contribution in [0.4, 0.5) is 0 Å². The molecule has 1 aromatic heterocycles. The molecule has 0 aliphatic carbocycles. The van der Waals surface area contributed by atoms with Gasteiger partial charge in [0.2, 0.25) is 4.34 Å². The van der Waals surface area contributed by atoms with E-state index < -0.39 is 10.8 Å². The van der Waals surface area contributed by atoms with Gasteiger partial charge in [0.1, 0.15) is 5.01 Å². The van der Waals surface area contributed by atoms with Gasteiger partial charge in [0.25, 0.3) is 0 Å². The molecule has 11 heavy (non-hydrogen) atoms. The van der Waals surface area contributed by atoms with Gasteiger partial charge in [-0.25, -0.2) is 5.14 Å². The van der Waals surface area contributed by atoms with Gasteiger partial charge >= 0.3 is 0 Å². The fraction of sp³-hybridized carbons (Fsp3) is 0.500. The lowest BCUT2D eigenvalue weighted by molar-refractivity contribution is 0.395. The number of hydrogen-bond acceptors (Lipinski definition) is 6. The van der Waals surface area contributed by atoms with Gasteiger partial charge in [0.05, 0.1) is 7.11 Å². The SMILES string of the molecule is COS(N)(O)c1nnc(C)s1. The average Bonchev–Trinajstić information content (AvgIpc) is 2.36. The molecule has 0 spiro atoms. The van der Waals surface area contributed by atoms with Gasteiger partial charge in [0, 0.05) is 0 Å². The second kappa shape index (κ2) is 3.03. The fourth-order valence-corrected chi connectivity index (χ4v) is 2.23.